The van der Waals surface area contributed by atoms with E-state index in [4.69, 9.17) is 5.73 Å². The third kappa shape index (κ3) is 1.30. The summed E-state index contributed by atoms with van der Waals surface area (Å²) in [6.07, 6.45) is 1.21. The quantitative estimate of drug-likeness (QED) is 0.635. The summed E-state index contributed by atoms with van der Waals surface area (Å²) >= 11 is 0. The van der Waals surface area contributed by atoms with E-state index in [0.717, 1.165) is 6.54 Å². The zero-order chi connectivity index (χ0) is 8.55. The van der Waals surface area contributed by atoms with Gasteiger partial charge in [-0.25, -0.2) is 0 Å². The Morgan fingerprint density at radius 3 is 3.08 bits per heavy atom. The van der Waals surface area contributed by atoms with Gasteiger partial charge in [-0.05, 0) is 20.0 Å². The molecule has 1 unspecified atom stereocenters. The van der Waals surface area contributed by atoms with Gasteiger partial charge in [-0.2, -0.15) is 5.10 Å². The molecule has 0 aliphatic carbocycles. The van der Waals surface area contributed by atoms with Crippen molar-refractivity contribution < 1.29 is 0 Å². The number of aromatic nitrogens is 2. The zero-order valence-electron chi connectivity index (χ0n) is 7.25. The van der Waals surface area contributed by atoms with E-state index < -0.39 is 0 Å². The highest BCUT2D eigenvalue weighted by molar-refractivity contribution is 5.30. The molecule has 1 aromatic heterocycles. The fourth-order valence-electron chi connectivity index (χ4n) is 1.75. The van der Waals surface area contributed by atoms with Crippen molar-refractivity contribution in [3.8, 4) is 0 Å². The summed E-state index contributed by atoms with van der Waals surface area (Å²) in [7, 11) is 2.14. The van der Waals surface area contributed by atoms with Gasteiger partial charge in [0.05, 0.1) is 0 Å². The first-order valence-electron chi connectivity index (χ1n) is 4.25. The molecule has 3 N–H and O–H groups in total. The normalized spacial score (nSPS) is 24.9. The summed E-state index contributed by atoms with van der Waals surface area (Å²) < 4.78 is 0. The maximum Gasteiger partial charge on any atom is 0.145 e. The van der Waals surface area contributed by atoms with Gasteiger partial charge in [-0.3, -0.25) is 5.10 Å². The Kier molecular flexibility index (Phi) is 1.77. The monoisotopic (exact) mass is 166 g/mol. The summed E-state index contributed by atoms with van der Waals surface area (Å²) in [6.45, 7) is 2.28. The molecule has 0 radical (unpaired) electrons. The van der Waals surface area contributed by atoms with Crippen molar-refractivity contribution in [2.24, 2.45) is 0 Å². The Labute approximate surface area is 71.7 Å². The lowest BCUT2D eigenvalue weighted by Crippen LogP contribution is -2.13. The lowest BCUT2D eigenvalue weighted by molar-refractivity contribution is 0.410. The number of likely N-dealkylation sites (tertiary alicyclic amines) is 1. The predicted octanol–water partition coefficient (Wildman–Crippen LogP) is 0.411. The minimum Gasteiger partial charge on any atom is -0.382 e. The van der Waals surface area contributed by atoms with Crippen molar-refractivity contribution in [3.05, 3.63) is 11.8 Å². The van der Waals surface area contributed by atoms with E-state index in [0.29, 0.717) is 11.7 Å². The van der Waals surface area contributed by atoms with Crippen molar-refractivity contribution in [2.45, 2.75) is 12.3 Å². The minimum absolute atomic E-state index is 0.597. The van der Waals surface area contributed by atoms with Crippen LogP contribution in [0.2, 0.25) is 0 Å². The molecular weight excluding hydrogens is 152 g/mol. The molecule has 0 spiro atoms. The van der Waals surface area contributed by atoms with Crippen molar-refractivity contribution >= 4 is 5.82 Å². The van der Waals surface area contributed by atoms with E-state index in [9.17, 15) is 0 Å². The van der Waals surface area contributed by atoms with Crippen LogP contribution in [0.5, 0.6) is 0 Å². The van der Waals surface area contributed by atoms with Gasteiger partial charge in [0.2, 0.25) is 0 Å². The molecule has 1 saturated heterocycles. The number of likely N-dealkylation sites (N-methyl/N-ethyl adjacent to an activating group) is 1. The number of nitrogens with one attached hydrogen (secondary N) is 1. The van der Waals surface area contributed by atoms with Crippen LogP contribution in [0.15, 0.2) is 6.07 Å². The number of anilines is 1. The number of hydrogen-bond donors (Lipinski definition) is 2. The third-order valence-corrected chi connectivity index (χ3v) is 2.45. The Balaban J connectivity index is 2.11. The van der Waals surface area contributed by atoms with Gasteiger partial charge < -0.3 is 10.6 Å². The largest absolute Gasteiger partial charge is 0.382 e. The van der Waals surface area contributed by atoms with Crippen molar-refractivity contribution in [1.29, 1.82) is 0 Å². The minimum atomic E-state index is 0.597. The number of H-pyrrole nitrogens is 1. The van der Waals surface area contributed by atoms with Crippen molar-refractivity contribution in [2.75, 3.05) is 25.9 Å². The number of hydrogen-bond acceptors (Lipinski definition) is 3. The number of nitrogen functional groups attached to an aromatic ring is 1. The molecule has 4 nitrogen and oxygen atoms in total. The molecule has 2 heterocycles. The second-order valence-electron chi connectivity index (χ2n) is 3.50. The van der Waals surface area contributed by atoms with Crippen LogP contribution in [-0.4, -0.2) is 35.2 Å². The highest BCUT2D eigenvalue weighted by atomic mass is 15.2. The van der Waals surface area contributed by atoms with Gasteiger partial charge in [0.15, 0.2) is 0 Å². The summed E-state index contributed by atoms with van der Waals surface area (Å²) in [5, 5.41) is 6.89. The average molecular weight is 166 g/mol. The molecule has 1 aliphatic rings. The molecule has 1 aromatic rings. The highest BCUT2D eigenvalue weighted by Gasteiger charge is 2.22. The van der Waals surface area contributed by atoms with E-state index in [1.54, 1.807) is 0 Å². The van der Waals surface area contributed by atoms with Crippen LogP contribution < -0.4 is 5.73 Å². The van der Waals surface area contributed by atoms with Crippen LogP contribution in [0, 0.1) is 0 Å². The molecule has 0 saturated carbocycles. The molecule has 1 aliphatic heterocycles. The molecule has 1 atom stereocenters. The molecule has 0 aromatic carbocycles. The first-order valence-corrected chi connectivity index (χ1v) is 4.25. The summed E-state index contributed by atoms with van der Waals surface area (Å²) in [5.41, 5.74) is 6.70. The Bertz CT molecular complexity index is 268. The molecule has 2 rings (SSSR count). The Hall–Kier alpha value is -1.03. The molecule has 12 heavy (non-hydrogen) atoms. The fourth-order valence-corrected chi connectivity index (χ4v) is 1.75. The van der Waals surface area contributed by atoms with E-state index in [1.807, 2.05) is 6.07 Å². The summed E-state index contributed by atoms with van der Waals surface area (Å²) in [6, 6.07) is 1.93. The zero-order valence-corrected chi connectivity index (χ0v) is 7.25. The molecular formula is C8H14N4. The topological polar surface area (TPSA) is 57.9 Å². The Morgan fingerprint density at radius 1 is 1.75 bits per heavy atom. The van der Waals surface area contributed by atoms with Crippen LogP contribution in [0.1, 0.15) is 18.0 Å². The van der Waals surface area contributed by atoms with Gasteiger partial charge in [-0.15, -0.1) is 0 Å². The molecule has 0 bridgehead atoms. The van der Waals surface area contributed by atoms with Gasteiger partial charge in [0.25, 0.3) is 0 Å². The fraction of sp³-hybridized carbons (Fsp3) is 0.625. The number of nitrogens with two attached hydrogens (primary N) is 1. The average Bonchev–Trinajstić information content (AvgIpc) is 2.58. The van der Waals surface area contributed by atoms with Crippen molar-refractivity contribution in [1.82, 2.24) is 15.1 Å². The molecule has 1 fully saturated rings. The van der Waals surface area contributed by atoms with Crippen LogP contribution in [0.25, 0.3) is 0 Å². The van der Waals surface area contributed by atoms with E-state index in [2.05, 4.69) is 22.1 Å². The van der Waals surface area contributed by atoms with Crippen LogP contribution >= 0.6 is 0 Å². The van der Waals surface area contributed by atoms with Crippen molar-refractivity contribution in [3.63, 3.8) is 0 Å². The van der Waals surface area contributed by atoms with E-state index >= 15 is 0 Å². The number of nitrogens with zero attached hydrogens (tertiary/aromatic N) is 2. The number of rotatable bonds is 1. The van der Waals surface area contributed by atoms with Gasteiger partial charge in [0.1, 0.15) is 5.82 Å². The predicted molar refractivity (Wildman–Crippen MR) is 47.9 cm³/mol. The van der Waals surface area contributed by atoms with Gasteiger partial charge in [-0.1, -0.05) is 0 Å². The maximum atomic E-state index is 5.52. The third-order valence-electron chi connectivity index (χ3n) is 2.45. The lowest BCUT2D eigenvalue weighted by Gasteiger charge is -2.07. The summed E-state index contributed by atoms with van der Waals surface area (Å²) in [5.74, 6) is 1.19. The van der Waals surface area contributed by atoms with Gasteiger partial charge >= 0.3 is 0 Å². The van der Waals surface area contributed by atoms with Crippen LogP contribution in [-0.2, 0) is 0 Å². The SMILES string of the molecule is CN1CCC(c2cc(N)n[nH]2)C1. The van der Waals surface area contributed by atoms with E-state index in [-0.39, 0.29) is 0 Å². The van der Waals surface area contributed by atoms with Gasteiger partial charge in [0, 0.05) is 24.2 Å². The van der Waals surface area contributed by atoms with Crippen LogP contribution in [0.3, 0.4) is 0 Å². The standard InChI is InChI=1S/C8H14N4/c1-12-3-2-6(5-12)7-4-8(9)11-10-7/h4,6H,2-3,5H2,1H3,(H3,9,10,11). The smallest absolute Gasteiger partial charge is 0.145 e. The second kappa shape index (κ2) is 2.79. The summed E-state index contributed by atoms with van der Waals surface area (Å²) in [4.78, 5) is 2.32. The Morgan fingerprint density at radius 2 is 2.58 bits per heavy atom. The molecule has 4 heteroatoms. The molecule has 66 valence electrons. The molecule has 0 amide bonds. The second-order valence-corrected chi connectivity index (χ2v) is 3.50. The lowest BCUT2D eigenvalue weighted by atomic mass is 10.1. The van der Waals surface area contributed by atoms with Crippen LogP contribution in [0.4, 0.5) is 5.82 Å². The first kappa shape index (κ1) is 7.61. The highest BCUT2D eigenvalue weighted by Crippen LogP contribution is 2.25. The maximum absolute atomic E-state index is 5.52. The first-order chi connectivity index (χ1) is 5.75. The van der Waals surface area contributed by atoms with E-state index in [1.165, 1.54) is 18.7 Å². The number of aromatic amines is 1.